The third-order valence-corrected chi connectivity index (χ3v) is 3.16. The average Bonchev–Trinajstić information content (AvgIpc) is 2.26. The summed E-state index contributed by atoms with van der Waals surface area (Å²) in [7, 11) is 1.29. The lowest BCUT2D eigenvalue weighted by molar-refractivity contribution is -0.0717. The van der Waals surface area contributed by atoms with E-state index in [9.17, 15) is 8.78 Å². The minimum absolute atomic E-state index is 0.0869. The van der Waals surface area contributed by atoms with E-state index >= 15 is 0 Å². The number of aliphatic hydroxyl groups is 1. The topological polar surface area (TPSA) is 38.7 Å². The van der Waals surface area contributed by atoms with E-state index in [4.69, 9.17) is 14.6 Å². The number of ether oxygens (including phenoxy) is 2. The van der Waals surface area contributed by atoms with Gasteiger partial charge in [-0.2, -0.15) is 0 Å². The molecule has 1 aromatic carbocycles. The van der Waals surface area contributed by atoms with Crippen LogP contribution in [0.25, 0.3) is 0 Å². The minimum atomic E-state index is -0.605. The average molecular weight is 244 g/mol. The Kier molecular flexibility index (Phi) is 3.31. The molecule has 1 aliphatic rings. The molecule has 0 bridgehead atoms. The normalized spacial score (nSPS) is 17.6. The molecule has 1 fully saturated rings. The van der Waals surface area contributed by atoms with Gasteiger partial charge in [-0.3, -0.25) is 0 Å². The molecule has 0 radical (unpaired) electrons. The lowest BCUT2D eigenvalue weighted by Gasteiger charge is -2.41. The Morgan fingerprint density at radius 1 is 1.35 bits per heavy atom. The highest BCUT2D eigenvalue weighted by atomic mass is 19.1. The van der Waals surface area contributed by atoms with Crippen LogP contribution in [-0.2, 0) is 10.2 Å². The number of hydrogen-bond donors (Lipinski definition) is 1. The molecule has 1 aromatic rings. The first-order valence-corrected chi connectivity index (χ1v) is 5.35. The van der Waals surface area contributed by atoms with Gasteiger partial charge in [-0.05, 0) is 12.5 Å². The van der Waals surface area contributed by atoms with E-state index in [0.29, 0.717) is 19.6 Å². The number of rotatable bonds is 4. The van der Waals surface area contributed by atoms with Gasteiger partial charge in [0.25, 0.3) is 0 Å². The molecule has 2 rings (SSSR count). The Bertz CT molecular complexity index is 416. The molecule has 17 heavy (non-hydrogen) atoms. The maximum absolute atomic E-state index is 13.9. The van der Waals surface area contributed by atoms with Crippen LogP contribution in [-0.4, -0.2) is 32.0 Å². The van der Waals surface area contributed by atoms with Crippen molar-refractivity contribution in [3.8, 4) is 5.75 Å². The van der Waals surface area contributed by atoms with Crippen LogP contribution in [0.4, 0.5) is 8.78 Å². The zero-order chi connectivity index (χ0) is 12.5. The summed E-state index contributed by atoms with van der Waals surface area (Å²) in [4.78, 5) is 0. The van der Waals surface area contributed by atoms with Crippen LogP contribution in [0.1, 0.15) is 12.0 Å². The van der Waals surface area contributed by atoms with Crippen LogP contribution in [0.3, 0.4) is 0 Å². The first kappa shape index (κ1) is 12.3. The smallest absolute Gasteiger partial charge is 0.165 e. The first-order chi connectivity index (χ1) is 8.13. The standard InChI is InChI=1S/C12H14F2O3/c1-16-11-5-9(13)8(4-10(11)14)12(2-3-15)6-17-7-12/h4-5,15H,2-3,6-7H2,1H3. The lowest BCUT2D eigenvalue weighted by Crippen LogP contribution is -2.48. The van der Waals surface area contributed by atoms with Crippen LogP contribution in [0.5, 0.6) is 5.75 Å². The summed E-state index contributed by atoms with van der Waals surface area (Å²) in [6.45, 7) is 0.517. The monoisotopic (exact) mass is 244 g/mol. The Morgan fingerprint density at radius 3 is 2.53 bits per heavy atom. The van der Waals surface area contributed by atoms with Crippen LogP contribution < -0.4 is 4.74 Å². The van der Waals surface area contributed by atoms with Crippen molar-refractivity contribution in [2.24, 2.45) is 0 Å². The highest BCUT2D eigenvalue weighted by molar-refractivity contribution is 5.37. The van der Waals surface area contributed by atoms with Crippen LogP contribution in [0.15, 0.2) is 12.1 Å². The molecule has 0 unspecified atom stereocenters. The number of benzene rings is 1. The molecule has 0 saturated carbocycles. The van der Waals surface area contributed by atoms with Gasteiger partial charge in [-0.15, -0.1) is 0 Å². The highest BCUT2D eigenvalue weighted by Crippen LogP contribution is 2.38. The number of aliphatic hydroxyl groups excluding tert-OH is 1. The highest BCUT2D eigenvalue weighted by Gasteiger charge is 2.42. The van der Waals surface area contributed by atoms with E-state index in [2.05, 4.69) is 0 Å². The second kappa shape index (κ2) is 4.58. The summed E-state index contributed by atoms with van der Waals surface area (Å²) < 4.78 is 37.2. The minimum Gasteiger partial charge on any atom is -0.494 e. The van der Waals surface area contributed by atoms with Gasteiger partial charge in [0.15, 0.2) is 11.6 Å². The Morgan fingerprint density at radius 2 is 2.06 bits per heavy atom. The van der Waals surface area contributed by atoms with Crippen LogP contribution in [0, 0.1) is 11.6 Å². The molecule has 0 spiro atoms. The summed E-state index contributed by atoms with van der Waals surface area (Å²) in [5, 5.41) is 8.99. The fourth-order valence-corrected chi connectivity index (χ4v) is 2.09. The van der Waals surface area contributed by atoms with E-state index in [1.54, 1.807) is 0 Å². The molecule has 1 saturated heterocycles. The van der Waals surface area contributed by atoms with Gasteiger partial charge >= 0.3 is 0 Å². The van der Waals surface area contributed by atoms with Crippen LogP contribution in [0.2, 0.25) is 0 Å². The molecule has 1 heterocycles. The van der Waals surface area contributed by atoms with Gasteiger partial charge in [0.05, 0.1) is 20.3 Å². The first-order valence-electron chi connectivity index (χ1n) is 5.35. The van der Waals surface area contributed by atoms with Crippen LogP contribution >= 0.6 is 0 Å². The largest absolute Gasteiger partial charge is 0.494 e. The van der Waals surface area contributed by atoms with Crippen molar-refractivity contribution < 1.29 is 23.4 Å². The third kappa shape index (κ3) is 2.00. The van der Waals surface area contributed by atoms with Gasteiger partial charge in [-0.25, -0.2) is 8.78 Å². The van der Waals surface area contributed by atoms with E-state index in [0.717, 1.165) is 12.1 Å². The van der Waals surface area contributed by atoms with Crippen molar-refractivity contribution in [2.45, 2.75) is 11.8 Å². The van der Waals surface area contributed by atoms with Crippen molar-refractivity contribution in [2.75, 3.05) is 26.9 Å². The zero-order valence-electron chi connectivity index (χ0n) is 9.50. The summed E-state index contributed by atoms with van der Waals surface area (Å²) in [6, 6.07) is 2.16. The number of hydrogen-bond acceptors (Lipinski definition) is 3. The molecule has 1 aliphatic heterocycles. The summed E-state index contributed by atoms with van der Waals surface area (Å²) >= 11 is 0. The second-order valence-corrected chi connectivity index (χ2v) is 4.21. The van der Waals surface area contributed by atoms with E-state index < -0.39 is 17.0 Å². The van der Waals surface area contributed by atoms with E-state index in [-0.39, 0.29) is 17.9 Å². The van der Waals surface area contributed by atoms with Gasteiger partial charge in [0.2, 0.25) is 0 Å². The van der Waals surface area contributed by atoms with E-state index in [1.165, 1.54) is 7.11 Å². The molecule has 0 aromatic heterocycles. The molecular weight excluding hydrogens is 230 g/mol. The molecule has 0 aliphatic carbocycles. The van der Waals surface area contributed by atoms with E-state index in [1.807, 2.05) is 0 Å². The second-order valence-electron chi connectivity index (χ2n) is 4.21. The van der Waals surface area contributed by atoms with Gasteiger partial charge < -0.3 is 14.6 Å². The molecule has 5 heteroatoms. The summed E-state index contributed by atoms with van der Waals surface area (Å²) in [5.74, 6) is -1.25. The lowest BCUT2D eigenvalue weighted by atomic mass is 9.75. The summed E-state index contributed by atoms with van der Waals surface area (Å²) in [6.07, 6.45) is 0.357. The van der Waals surface area contributed by atoms with Gasteiger partial charge in [-0.1, -0.05) is 0 Å². The zero-order valence-corrected chi connectivity index (χ0v) is 9.50. The van der Waals surface area contributed by atoms with Crippen molar-refractivity contribution >= 4 is 0 Å². The Balaban J connectivity index is 2.41. The molecule has 0 amide bonds. The predicted molar refractivity (Wildman–Crippen MR) is 57.1 cm³/mol. The fourth-order valence-electron chi connectivity index (χ4n) is 2.09. The third-order valence-electron chi connectivity index (χ3n) is 3.16. The molecule has 1 N–H and O–H groups in total. The van der Waals surface area contributed by atoms with Crippen molar-refractivity contribution in [1.82, 2.24) is 0 Å². The Labute approximate surface area is 98.0 Å². The summed E-state index contributed by atoms with van der Waals surface area (Å²) in [5.41, 5.74) is -0.359. The van der Waals surface area contributed by atoms with Crippen molar-refractivity contribution in [1.29, 1.82) is 0 Å². The molecular formula is C12H14F2O3. The molecule has 94 valence electrons. The maximum Gasteiger partial charge on any atom is 0.165 e. The Hall–Kier alpha value is -1.20. The van der Waals surface area contributed by atoms with Gasteiger partial charge in [0, 0.05) is 23.7 Å². The quantitative estimate of drug-likeness (QED) is 0.874. The fraction of sp³-hybridized carbons (Fsp3) is 0.500. The molecule has 3 nitrogen and oxygen atoms in total. The maximum atomic E-state index is 13.9. The molecule has 0 atom stereocenters. The number of halogens is 2. The SMILES string of the molecule is COc1cc(F)c(C2(CCO)COC2)cc1F. The predicted octanol–water partition coefficient (Wildman–Crippen LogP) is 1.62. The van der Waals surface area contributed by atoms with Crippen molar-refractivity contribution in [3.05, 3.63) is 29.3 Å². The van der Waals surface area contributed by atoms with Gasteiger partial charge in [0.1, 0.15) is 5.82 Å². The number of methoxy groups -OCH3 is 1. The van der Waals surface area contributed by atoms with Crippen molar-refractivity contribution in [3.63, 3.8) is 0 Å².